The van der Waals surface area contributed by atoms with Crippen LogP contribution in [0.25, 0.3) is 0 Å². The number of nitrogens with zero attached hydrogens (tertiary/aromatic N) is 2. The van der Waals surface area contributed by atoms with E-state index in [2.05, 4.69) is 15.2 Å². The van der Waals surface area contributed by atoms with Gasteiger partial charge in [-0.2, -0.15) is 0 Å². The summed E-state index contributed by atoms with van der Waals surface area (Å²) in [4.78, 5) is 6.40. The largest absolute Gasteiger partial charge is 0.314 e. The first kappa shape index (κ1) is 11.1. The lowest BCUT2D eigenvalue weighted by Gasteiger charge is -2.27. The number of piperazine rings is 1. The van der Waals surface area contributed by atoms with E-state index >= 15 is 0 Å². The topological polar surface area (TPSA) is 28.2 Å². The fourth-order valence-electron chi connectivity index (χ4n) is 1.66. The molecule has 0 aliphatic carbocycles. The Kier molecular flexibility index (Phi) is 3.81. The lowest BCUT2D eigenvalue weighted by molar-refractivity contribution is 0.233. The summed E-state index contributed by atoms with van der Waals surface area (Å²) >= 11 is 11.8. The minimum Gasteiger partial charge on any atom is -0.314 e. The first-order chi connectivity index (χ1) is 7.25. The third kappa shape index (κ3) is 3.05. The van der Waals surface area contributed by atoms with Crippen LogP contribution >= 0.6 is 23.2 Å². The van der Waals surface area contributed by atoms with Gasteiger partial charge in [0.05, 0.1) is 0 Å². The molecule has 1 aromatic rings. The van der Waals surface area contributed by atoms with Gasteiger partial charge in [-0.25, -0.2) is 4.98 Å². The third-order valence-corrected chi connectivity index (χ3v) is 3.06. The smallest absolute Gasteiger partial charge is 0.130 e. The van der Waals surface area contributed by atoms with Crippen molar-refractivity contribution in [1.29, 1.82) is 0 Å². The fourth-order valence-corrected chi connectivity index (χ4v) is 2.09. The quantitative estimate of drug-likeness (QED) is 0.806. The first-order valence-electron chi connectivity index (χ1n) is 4.99. The number of pyridine rings is 1. The van der Waals surface area contributed by atoms with Crippen LogP contribution in [0.2, 0.25) is 10.2 Å². The van der Waals surface area contributed by atoms with Crippen LogP contribution in [-0.4, -0.2) is 36.1 Å². The second-order valence-corrected chi connectivity index (χ2v) is 4.42. The van der Waals surface area contributed by atoms with E-state index in [9.17, 15) is 0 Å². The average Bonchev–Trinajstić information content (AvgIpc) is 2.24. The van der Waals surface area contributed by atoms with E-state index in [4.69, 9.17) is 23.2 Å². The summed E-state index contributed by atoms with van der Waals surface area (Å²) in [5.74, 6) is 0. The predicted molar refractivity (Wildman–Crippen MR) is 62.4 cm³/mol. The van der Waals surface area contributed by atoms with Gasteiger partial charge >= 0.3 is 0 Å². The number of hydrogen-bond acceptors (Lipinski definition) is 3. The zero-order chi connectivity index (χ0) is 10.7. The van der Waals surface area contributed by atoms with Crippen molar-refractivity contribution in [2.24, 2.45) is 0 Å². The van der Waals surface area contributed by atoms with E-state index in [1.807, 2.05) is 0 Å². The second kappa shape index (κ2) is 5.12. The molecular weight excluding hydrogens is 233 g/mol. The highest BCUT2D eigenvalue weighted by Crippen LogP contribution is 2.20. The van der Waals surface area contributed by atoms with Crippen LogP contribution in [0.15, 0.2) is 12.3 Å². The molecular formula is C10H13Cl2N3. The Morgan fingerprint density at radius 3 is 2.73 bits per heavy atom. The number of aromatic nitrogens is 1. The Morgan fingerprint density at radius 2 is 2.07 bits per heavy atom. The fraction of sp³-hybridized carbons (Fsp3) is 0.500. The molecule has 0 aromatic carbocycles. The van der Waals surface area contributed by atoms with E-state index < -0.39 is 0 Å². The summed E-state index contributed by atoms with van der Waals surface area (Å²) in [7, 11) is 0. The van der Waals surface area contributed by atoms with E-state index in [-0.39, 0.29) is 0 Å². The van der Waals surface area contributed by atoms with Crippen LogP contribution in [-0.2, 0) is 6.54 Å². The zero-order valence-corrected chi connectivity index (χ0v) is 9.85. The standard InChI is InChI=1S/C10H13Cl2N3/c11-9-5-10(12)14-6-8(9)7-15-3-1-13-2-4-15/h5-6,13H,1-4,7H2. The van der Waals surface area contributed by atoms with Crippen molar-refractivity contribution in [3.63, 3.8) is 0 Å². The summed E-state index contributed by atoms with van der Waals surface area (Å²) < 4.78 is 0. The van der Waals surface area contributed by atoms with E-state index in [0.717, 1.165) is 38.3 Å². The molecule has 0 spiro atoms. The van der Waals surface area contributed by atoms with Crippen molar-refractivity contribution < 1.29 is 0 Å². The molecule has 82 valence electrons. The Hall–Kier alpha value is -0.350. The molecule has 1 aromatic heterocycles. The van der Waals surface area contributed by atoms with Gasteiger partial charge in [-0.05, 0) is 6.07 Å². The molecule has 1 fully saturated rings. The van der Waals surface area contributed by atoms with E-state index in [0.29, 0.717) is 10.2 Å². The van der Waals surface area contributed by atoms with Crippen LogP contribution < -0.4 is 5.32 Å². The molecule has 1 aliphatic rings. The second-order valence-electron chi connectivity index (χ2n) is 3.62. The monoisotopic (exact) mass is 245 g/mol. The van der Waals surface area contributed by atoms with Crippen molar-refractivity contribution >= 4 is 23.2 Å². The van der Waals surface area contributed by atoms with Gasteiger partial charge < -0.3 is 5.32 Å². The molecule has 1 N–H and O–H groups in total. The van der Waals surface area contributed by atoms with E-state index in [1.54, 1.807) is 12.3 Å². The Labute approximate surface area is 99.4 Å². The zero-order valence-electron chi connectivity index (χ0n) is 8.34. The van der Waals surface area contributed by atoms with Gasteiger partial charge in [-0.15, -0.1) is 0 Å². The van der Waals surface area contributed by atoms with Crippen LogP contribution in [0.5, 0.6) is 0 Å². The maximum Gasteiger partial charge on any atom is 0.130 e. The normalized spacial score (nSPS) is 18.0. The summed E-state index contributed by atoms with van der Waals surface area (Å²) in [5, 5.41) is 4.46. The van der Waals surface area contributed by atoms with Gasteiger partial charge in [0, 0.05) is 49.5 Å². The molecule has 0 saturated carbocycles. The molecule has 2 heterocycles. The molecule has 0 bridgehead atoms. The van der Waals surface area contributed by atoms with Crippen LogP contribution in [0.4, 0.5) is 0 Å². The summed E-state index contributed by atoms with van der Waals surface area (Å²) in [5.41, 5.74) is 1.04. The molecule has 15 heavy (non-hydrogen) atoms. The lowest BCUT2D eigenvalue weighted by Crippen LogP contribution is -2.42. The number of hydrogen-bond donors (Lipinski definition) is 1. The van der Waals surface area contributed by atoms with Gasteiger partial charge in [0.15, 0.2) is 0 Å². The van der Waals surface area contributed by atoms with Crippen LogP contribution in [0.3, 0.4) is 0 Å². The number of rotatable bonds is 2. The average molecular weight is 246 g/mol. The van der Waals surface area contributed by atoms with Gasteiger partial charge in [0.1, 0.15) is 5.15 Å². The van der Waals surface area contributed by atoms with Crippen LogP contribution in [0, 0.1) is 0 Å². The first-order valence-corrected chi connectivity index (χ1v) is 5.74. The Balaban J connectivity index is 2.03. The molecule has 1 aliphatic heterocycles. The van der Waals surface area contributed by atoms with Crippen molar-refractivity contribution in [3.05, 3.63) is 28.0 Å². The van der Waals surface area contributed by atoms with Crippen LogP contribution in [0.1, 0.15) is 5.56 Å². The van der Waals surface area contributed by atoms with Crippen molar-refractivity contribution in [2.75, 3.05) is 26.2 Å². The minimum atomic E-state index is 0.448. The van der Waals surface area contributed by atoms with Crippen molar-refractivity contribution in [3.8, 4) is 0 Å². The van der Waals surface area contributed by atoms with Gasteiger partial charge in [-0.1, -0.05) is 23.2 Å². The predicted octanol–water partition coefficient (Wildman–Crippen LogP) is 1.79. The molecule has 3 nitrogen and oxygen atoms in total. The minimum absolute atomic E-state index is 0.448. The van der Waals surface area contributed by atoms with E-state index in [1.165, 1.54) is 0 Å². The highest BCUT2D eigenvalue weighted by Gasteiger charge is 2.11. The van der Waals surface area contributed by atoms with Gasteiger partial charge in [0.2, 0.25) is 0 Å². The molecule has 2 rings (SSSR count). The molecule has 1 saturated heterocycles. The summed E-state index contributed by atoms with van der Waals surface area (Å²) in [6, 6.07) is 1.70. The number of nitrogens with one attached hydrogen (secondary N) is 1. The van der Waals surface area contributed by atoms with Gasteiger partial charge in [-0.3, -0.25) is 4.90 Å². The third-order valence-electron chi connectivity index (χ3n) is 2.50. The maximum atomic E-state index is 6.08. The van der Waals surface area contributed by atoms with Gasteiger partial charge in [0.25, 0.3) is 0 Å². The molecule has 5 heteroatoms. The highest BCUT2D eigenvalue weighted by molar-refractivity contribution is 6.34. The molecule has 0 atom stereocenters. The van der Waals surface area contributed by atoms with Crippen molar-refractivity contribution in [1.82, 2.24) is 15.2 Å². The SMILES string of the molecule is Clc1cc(Cl)c(CN2CCNCC2)cn1. The van der Waals surface area contributed by atoms with Crippen molar-refractivity contribution in [2.45, 2.75) is 6.54 Å². The molecule has 0 unspecified atom stereocenters. The molecule has 0 radical (unpaired) electrons. The lowest BCUT2D eigenvalue weighted by atomic mass is 10.2. The Bertz CT molecular complexity index is 337. The number of halogens is 2. The maximum absolute atomic E-state index is 6.08. The summed E-state index contributed by atoms with van der Waals surface area (Å²) in [6.45, 7) is 5.04. The highest BCUT2D eigenvalue weighted by atomic mass is 35.5. The summed E-state index contributed by atoms with van der Waals surface area (Å²) in [6.07, 6.45) is 1.76. The Morgan fingerprint density at radius 1 is 1.33 bits per heavy atom. The molecule has 0 amide bonds.